The molecule has 1 amide bonds. The summed E-state index contributed by atoms with van der Waals surface area (Å²) in [4.78, 5) is 16.6. The average molecular weight is 431 g/mol. The van der Waals surface area contributed by atoms with Gasteiger partial charge in [-0.2, -0.15) is 0 Å². The van der Waals surface area contributed by atoms with E-state index < -0.39 is 10.0 Å². The van der Waals surface area contributed by atoms with Crippen LogP contribution in [-0.2, 0) is 21.2 Å². The topological polar surface area (TPSA) is 92.5 Å². The lowest BCUT2D eigenvalue weighted by atomic mass is 10.2. The van der Waals surface area contributed by atoms with Crippen LogP contribution in [0.1, 0.15) is 17.9 Å². The number of carbonyl (C=O) groups excluding carboxylic acids is 1. The van der Waals surface area contributed by atoms with E-state index in [2.05, 4.69) is 10.3 Å². The van der Waals surface area contributed by atoms with Crippen molar-refractivity contribution in [2.24, 2.45) is 0 Å². The van der Waals surface area contributed by atoms with E-state index in [1.165, 1.54) is 38.5 Å². The molecule has 0 unspecified atom stereocenters. The molecule has 0 spiro atoms. The number of nitrogens with zero attached hydrogens (tertiary/aromatic N) is 2. The second kappa shape index (κ2) is 8.76. The van der Waals surface area contributed by atoms with Crippen molar-refractivity contribution >= 4 is 21.6 Å². The number of anilines is 1. The van der Waals surface area contributed by atoms with Crippen LogP contribution < -0.4 is 5.32 Å². The predicted octanol–water partition coefficient (Wildman–Crippen LogP) is 3.61. The molecule has 0 aliphatic heterocycles. The molecule has 158 valence electrons. The zero-order valence-corrected chi connectivity index (χ0v) is 17.7. The number of aromatic nitrogens is 1. The Morgan fingerprint density at radius 1 is 1.17 bits per heavy atom. The lowest BCUT2D eigenvalue weighted by Crippen LogP contribution is -2.23. The summed E-state index contributed by atoms with van der Waals surface area (Å²) in [5.74, 6) is 0.230. The van der Waals surface area contributed by atoms with E-state index in [1.54, 1.807) is 31.2 Å². The number of rotatable bonds is 7. The quantitative estimate of drug-likeness (QED) is 0.617. The highest BCUT2D eigenvalue weighted by Gasteiger charge is 2.20. The van der Waals surface area contributed by atoms with Crippen LogP contribution in [0.2, 0.25) is 0 Å². The number of hydrogen-bond donors (Lipinski definition) is 1. The van der Waals surface area contributed by atoms with Gasteiger partial charge in [0.1, 0.15) is 5.82 Å². The lowest BCUT2D eigenvalue weighted by Gasteiger charge is -2.15. The average Bonchev–Trinajstić information content (AvgIpc) is 3.17. The zero-order valence-electron chi connectivity index (χ0n) is 16.8. The Kier molecular flexibility index (Phi) is 6.33. The Morgan fingerprint density at radius 3 is 2.53 bits per heavy atom. The molecule has 7 nitrogen and oxygen atoms in total. The van der Waals surface area contributed by atoms with Crippen LogP contribution in [0.25, 0.3) is 11.3 Å². The molecule has 1 heterocycles. The Bertz CT molecular complexity index is 1160. The van der Waals surface area contributed by atoms with Crippen molar-refractivity contribution in [2.45, 2.75) is 24.7 Å². The van der Waals surface area contributed by atoms with Gasteiger partial charge < -0.3 is 9.73 Å². The van der Waals surface area contributed by atoms with Crippen LogP contribution in [0, 0.1) is 12.7 Å². The number of amides is 1. The van der Waals surface area contributed by atoms with E-state index in [0.29, 0.717) is 28.5 Å². The molecule has 9 heteroatoms. The lowest BCUT2D eigenvalue weighted by molar-refractivity contribution is -0.116. The predicted molar refractivity (Wildman–Crippen MR) is 111 cm³/mol. The van der Waals surface area contributed by atoms with Crippen molar-refractivity contribution in [3.63, 3.8) is 0 Å². The van der Waals surface area contributed by atoms with E-state index in [4.69, 9.17) is 4.42 Å². The Labute approximate surface area is 174 Å². The molecule has 0 atom stereocenters. The molecule has 3 aromatic rings. The molecule has 1 aromatic heterocycles. The number of sulfonamides is 1. The number of benzene rings is 2. The first-order valence-corrected chi connectivity index (χ1v) is 10.6. The molecule has 0 aliphatic rings. The van der Waals surface area contributed by atoms with Crippen LogP contribution in [0.5, 0.6) is 0 Å². The van der Waals surface area contributed by atoms with Crippen LogP contribution in [-0.4, -0.2) is 37.7 Å². The van der Waals surface area contributed by atoms with Gasteiger partial charge >= 0.3 is 0 Å². The van der Waals surface area contributed by atoms with E-state index >= 15 is 0 Å². The Morgan fingerprint density at radius 2 is 1.87 bits per heavy atom. The second-order valence-corrected chi connectivity index (χ2v) is 9.06. The molecule has 3 rings (SSSR count). The molecular formula is C21H22FN3O4S. The minimum Gasteiger partial charge on any atom is -0.441 e. The number of aryl methyl sites for hydroxylation is 2. The monoisotopic (exact) mass is 431 g/mol. The molecular weight excluding hydrogens is 409 g/mol. The van der Waals surface area contributed by atoms with Crippen molar-refractivity contribution in [3.05, 3.63) is 65.9 Å². The molecule has 30 heavy (non-hydrogen) atoms. The Hall–Kier alpha value is -3.04. The van der Waals surface area contributed by atoms with Crippen molar-refractivity contribution in [1.82, 2.24) is 9.29 Å². The van der Waals surface area contributed by atoms with Gasteiger partial charge in [-0.25, -0.2) is 22.1 Å². The summed E-state index contributed by atoms with van der Waals surface area (Å²) in [6.45, 7) is 1.70. The van der Waals surface area contributed by atoms with Crippen LogP contribution in [0.15, 0.2) is 58.0 Å². The second-order valence-electron chi connectivity index (χ2n) is 6.94. The summed E-state index contributed by atoms with van der Waals surface area (Å²) < 4.78 is 44.6. The first-order valence-electron chi connectivity index (χ1n) is 9.20. The number of oxazole rings is 1. The van der Waals surface area contributed by atoms with Gasteiger partial charge in [-0.05, 0) is 48.9 Å². The van der Waals surface area contributed by atoms with E-state index in [9.17, 15) is 17.6 Å². The molecule has 0 radical (unpaired) electrons. The van der Waals surface area contributed by atoms with Gasteiger partial charge in [0.15, 0.2) is 11.7 Å². The van der Waals surface area contributed by atoms with Gasteiger partial charge in [0, 0.05) is 38.2 Å². The SMILES string of the molecule is Cc1ccc(NC(=O)CCc2ncc(-c3ccc(F)cc3)o2)cc1S(=O)(=O)N(C)C. The third-order valence-electron chi connectivity index (χ3n) is 4.48. The van der Waals surface area contributed by atoms with Crippen molar-refractivity contribution < 1.29 is 22.0 Å². The fourth-order valence-electron chi connectivity index (χ4n) is 2.77. The summed E-state index contributed by atoms with van der Waals surface area (Å²) in [6.07, 6.45) is 1.90. The molecule has 0 bridgehead atoms. The van der Waals surface area contributed by atoms with E-state index in [1.807, 2.05) is 0 Å². The summed E-state index contributed by atoms with van der Waals surface area (Å²) in [5, 5.41) is 2.70. The zero-order chi connectivity index (χ0) is 21.9. The molecule has 1 N–H and O–H groups in total. The maximum Gasteiger partial charge on any atom is 0.242 e. The maximum absolute atomic E-state index is 13.0. The van der Waals surface area contributed by atoms with Crippen molar-refractivity contribution in [2.75, 3.05) is 19.4 Å². The molecule has 2 aromatic carbocycles. The first-order chi connectivity index (χ1) is 14.2. The Balaban J connectivity index is 1.64. The molecule has 0 aliphatic carbocycles. The normalized spacial score (nSPS) is 11.6. The number of hydrogen-bond acceptors (Lipinski definition) is 5. The summed E-state index contributed by atoms with van der Waals surface area (Å²) in [5.41, 5.74) is 1.68. The van der Waals surface area contributed by atoms with Crippen LogP contribution in [0.4, 0.5) is 10.1 Å². The minimum atomic E-state index is -3.61. The highest BCUT2D eigenvalue weighted by atomic mass is 32.2. The van der Waals surface area contributed by atoms with Gasteiger partial charge in [-0.3, -0.25) is 4.79 Å². The van der Waals surface area contributed by atoms with Crippen molar-refractivity contribution in [1.29, 1.82) is 0 Å². The number of nitrogens with one attached hydrogen (secondary N) is 1. The fraction of sp³-hybridized carbons (Fsp3) is 0.238. The van der Waals surface area contributed by atoms with Crippen LogP contribution in [0.3, 0.4) is 0 Å². The highest BCUT2D eigenvalue weighted by Crippen LogP contribution is 2.23. The molecule has 0 saturated carbocycles. The molecule has 0 fully saturated rings. The first kappa shape index (κ1) is 21.7. The van der Waals surface area contributed by atoms with Gasteiger partial charge in [-0.15, -0.1) is 0 Å². The fourth-order valence-corrected chi connectivity index (χ4v) is 3.91. The van der Waals surface area contributed by atoms with Crippen LogP contribution >= 0.6 is 0 Å². The largest absolute Gasteiger partial charge is 0.441 e. The number of carbonyl (C=O) groups is 1. The smallest absolute Gasteiger partial charge is 0.242 e. The minimum absolute atomic E-state index is 0.104. The maximum atomic E-state index is 13.0. The van der Waals surface area contributed by atoms with Gasteiger partial charge in [0.25, 0.3) is 0 Å². The third kappa shape index (κ3) is 4.92. The third-order valence-corrected chi connectivity index (χ3v) is 6.44. The van der Waals surface area contributed by atoms with Gasteiger partial charge in [-0.1, -0.05) is 6.07 Å². The van der Waals surface area contributed by atoms with Gasteiger partial charge in [0.05, 0.1) is 11.1 Å². The van der Waals surface area contributed by atoms with E-state index in [-0.39, 0.29) is 29.5 Å². The van der Waals surface area contributed by atoms with Gasteiger partial charge in [0.2, 0.25) is 15.9 Å². The standard InChI is InChI=1S/C21H22FN3O4S/c1-14-4-9-17(12-19(14)30(27,28)25(2)3)24-20(26)10-11-21-23-13-18(29-21)15-5-7-16(22)8-6-15/h4-9,12-13H,10-11H2,1-3H3,(H,24,26). The summed E-state index contributed by atoms with van der Waals surface area (Å²) in [7, 11) is -0.704. The van der Waals surface area contributed by atoms with E-state index in [0.717, 1.165) is 4.31 Å². The highest BCUT2D eigenvalue weighted by molar-refractivity contribution is 7.89. The number of halogens is 1. The van der Waals surface area contributed by atoms with Crippen molar-refractivity contribution in [3.8, 4) is 11.3 Å². The molecule has 0 saturated heterocycles. The summed E-state index contributed by atoms with van der Waals surface area (Å²) >= 11 is 0. The summed E-state index contributed by atoms with van der Waals surface area (Å²) in [6, 6.07) is 10.6.